The second kappa shape index (κ2) is 5.64. The molecule has 0 saturated heterocycles. The van der Waals surface area contributed by atoms with Gasteiger partial charge in [-0.1, -0.05) is 29.8 Å². The number of aryl methyl sites for hydroxylation is 1. The van der Waals surface area contributed by atoms with E-state index >= 15 is 0 Å². The van der Waals surface area contributed by atoms with Crippen molar-refractivity contribution in [1.82, 2.24) is 9.55 Å². The molecule has 0 atom stereocenters. The Labute approximate surface area is 116 Å². The summed E-state index contributed by atoms with van der Waals surface area (Å²) in [7, 11) is 0. The van der Waals surface area contributed by atoms with Crippen molar-refractivity contribution in [1.29, 1.82) is 0 Å². The van der Waals surface area contributed by atoms with Gasteiger partial charge in [-0.3, -0.25) is 14.3 Å². The number of rotatable bonds is 4. The third-order valence-corrected chi connectivity index (χ3v) is 3.15. The van der Waals surface area contributed by atoms with Gasteiger partial charge in [-0.2, -0.15) is 0 Å². The van der Waals surface area contributed by atoms with Gasteiger partial charge in [0.05, 0.1) is 0 Å². The van der Waals surface area contributed by atoms with Crippen LogP contribution < -0.4 is 22.3 Å². The monoisotopic (exact) mass is 274 g/mol. The van der Waals surface area contributed by atoms with Gasteiger partial charge in [0.2, 0.25) is 0 Å². The van der Waals surface area contributed by atoms with Gasteiger partial charge < -0.3 is 11.1 Å². The predicted molar refractivity (Wildman–Crippen MR) is 79.9 cm³/mol. The fourth-order valence-corrected chi connectivity index (χ4v) is 1.97. The summed E-state index contributed by atoms with van der Waals surface area (Å²) in [5.74, 6) is 0.161. The molecule has 6 heteroatoms. The number of nitrogens with one attached hydrogen (secondary N) is 2. The van der Waals surface area contributed by atoms with E-state index in [1.165, 1.54) is 10.1 Å². The maximum Gasteiger partial charge on any atom is 0.330 e. The molecule has 0 bridgehead atoms. The highest BCUT2D eigenvalue weighted by atomic mass is 16.2. The molecule has 0 aliphatic rings. The van der Waals surface area contributed by atoms with Gasteiger partial charge in [-0.15, -0.1) is 0 Å². The van der Waals surface area contributed by atoms with E-state index in [-0.39, 0.29) is 11.5 Å². The highest BCUT2D eigenvalue weighted by Crippen LogP contribution is 2.12. The van der Waals surface area contributed by atoms with Crippen molar-refractivity contribution in [2.75, 3.05) is 11.1 Å². The van der Waals surface area contributed by atoms with Gasteiger partial charge in [0.25, 0.3) is 5.56 Å². The molecule has 1 aromatic carbocycles. The Morgan fingerprint density at radius 1 is 1.25 bits per heavy atom. The summed E-state index contributed by atoms with van der Waals surface area (Å²) in [5, 5.41) is 2.99. The molecule has 0 radical (unpaired) electrons. The van der Waals surface area contributed by atoms with Crippen molar-refractivity contribution in [2.45, 2.75) is 26.9 Å². The van der Waals surface area contributed by atoms with Crippen LogP contribution in [0.5, 0.6) is 0 Å². The van der Waals surface area contributed by atoms with Crippen LogP contribution >= 0.6 is 0 Å². The van der Waals surface area contributed by atoms with Crippen LogP contribution in [-0.4, -0.2) is 9.55 Å². The second-order valence-electron chi connectivity index (χ2n) is 4.60. The highest BCUT2D eigenvalue weighted by molar-refractivity contribution is 5.60. The molecular weight excluding hydrogens is 256 g/mol. The number of nitrogen functional groups attached to an aromatic ring is 1. The van der Waals surface area contributed by atoms with Crippen LogP contribution in [0.3, 0.4) is 0 Å². The van der Waals surface area contributed by atoms with E-state index in [1.54, 1.807) is 6.92 Å². The molecule has 0 unspecified atom stereocenters. The molecule has 2 aromatic rings. The summed E-state index contributed by atoms with van der Waals surface area (Å²) in [5.41, 5.74) is 7.31. The summed E-state index contributed by atoms with van der Waals surface area (Å²) in [4.78, 5) is 25.6. The number of benzene rings is 1. The Balaban J connectivity index is 2.28. The maximum atomic E-state index is 11.8. The third kappa shape index (κ3) is 2.74. The summed E-state index contributed by atoms with van der Waals surface area (Å²) in [6, 6.07) is 7.94. The Hall–Kier alpha value is -2.50. The summed E-state index contributed by atoms with van der Waals surface area (Å²) < 4.78 is 1.32. The molecule has 0 amide bonds. The number of nitrogens with two attached hydrogens (primary N) is 1. The van der Waals surface area contributed by atoms with Crippen LogP contribution in [0.2, 0.25) is 0 Å². The van der Waals surface area contributed by atoms with E-state index in [0.717, 1.165) is 5.56 Å². The van der Waals surface area contributed by atoms with Crippen molar-refractivity contribution < 1.29 is 0 Å². The Kier molecular flexibility index (Phi) is 3.93. The fourth-order valence-electron chi connectivity index (χ4n) is 1.97. The smallest absolute Gasteiger partial charge is 0.330 e. The summed E-state index contributed by atoms with van der Waals surface area (Å²) >= 11 is 0. The fraction of sp³-hybridized carbons (Fsp3) is 0.286. The van der Waals surface area contributed by atoms with E-state index in [1.807, 2.05) is 31.2 Å². The van der Waals surface area contributed by atoms with E-state index in [9.17, 15) is 9.59 Å². The molecule has 6 nitrogen and oxygen atoms in total. The van der Waals surface area contributed by atoms with Gasteiger partial charge in [-0.05, 0) is 19.4 Å². The molecule has 0 spiro atoms. The Bertz CT molecular complexity index is 713. The average molecular weight is 274 g/mol. The van der Waals surface area contributed by atoms with Crippen LogP contribution in [0.15, 0.2) is 33.9 Å². The minimum atomic E-state index is -0.496. The Morgan fingerprint density at radius 3 is 2.50 bits per heavy atom. The van der Waals surface area contributed by atoms with Crippen molar-refractivity contribution in [3.8, 4) is 0 Å². The molecule has 1 aromatic heterocycles. The Morgan fingerprint density at radius 2 is 1.90 bits per heavy atom. The maximum absolute atomic E-state index is 11.8. The van der Waals surface area contributed by atoms with Crippen molar-refractivity contribution in [2.24, 2.45) is 0 Å². The zero-order chi connectivity index (χ0) is 14.7. The molecule has 106 valence electrons. The van der Waals surface area contributed by atoms with Crippen LogP contribution in [0.25, 0.3) is 0 Å². The quantitative estimate of drug-likeness (QED) is 0.777. The van der Waals surface area contributed by atoms with Gasteiger partial charge in [0.15, 0.2) is 0 Å². The number of anilines is 2. The molecule has 4 N–H and O–H groups in total. The first-order chi connectivity index (χ1) is 9.52. The van der Waals surface area contributed by atoms with Gasteiger partial charge in [0, 0.05) is 13.1 Å². The molecule has 0 saturated carbocycles. The van der Waals surface area contributed by atoms with Crippen LogP contribution in [0.1, 0.15) is 18.1 Å². The lowest BCUT2D eigenvalue weighted by molar-refractivity contribution is 0.706. The third-order valence-electron chi connectivity index (χ3n) is 3.15. The zero-order valence-electron chi connectivity index (χ0n) is 11.6. The normalized spacial score (nSPS) is 10.5. The van der Waals surface area contributed by atoms with E-state index in [2.05, 4.69) is 10.3 Å². The highest BCUT2D eigenvalue weighted by Gasteiger charge is 2.10. The first-order valence-electron chi connectivity index (χ1n) is 6.45. The lowest BCUT2D eigenvalue weighted by Crippen LogP contribution is -2.33. The molecule has 0 aliphatic carbocycles. The van der Waals surface area contributed by atoms with Crippen LogP contribution in [0, 0.1) is 6.92 Å². The summed E-state index contributed by atoms with van der Waals surface area (Å²) in [6.07, 6.45) is 0. The van der Waals surface area contributed by atoms with Gasteiger partial charge in [-0.25, -0.2) is 4.79 Å². The summed E-state index contributed by atoms with van der Waals surface area (Å²) in [6.45, 7) is 4.67. The minimum Gasteiger partial charge on any atom is -0.383 e. The molecule has 1 heterocycles. The lowest BCUT2D eigenvalue weighted by Gasteiger charge is -2.12. The predicted octanol–water partition coefficient (Wildman–Crippen LogP) is 1.06. The first kappa shape index (κ1) is 13.9. The van der Waals surface area contributed by atoms with Crippen molar-refractivity contribution in [3.63, 3.8) is 0 Å². The van der Waals surface area contributed by atoms with E-state index in [4.69, 9.17) is 5.73 Å². The SMILES string of the molecule is CCn1c(N)c(NCc2ccc(C)cc2)c(=O)[nH]c1=O. The number of hydrogen-bond acceptors (Lipinski definition) is 4. The molecule has 0 aliphatic heterocycles. The van der Waals surface area contributed by atoms with Gasteiger partial charge in [0.1, 0.15) is 11.5 Å². The van der Waals surface area contributed by atoms with Crippen molar-refractivity contribution in [3.05, 3.63) is 56.2 Å². The number of hydrogen-bond donors (Lipinski definition) is 3. The largest absolute Gasteiger partial charge is 0.383 e. The first-order valence-corrected chi connectivity index (χ1v) is 6.45. The number of aromatic amines is 1. The standard InChI is InChI=1S/C14H18N4O2/c1-3-18-12(15)11(13(19)17-14(18)20)16-8-10-6-4-9(2)5-7-10/h4-7,16H,3,8,15H2,1-2H3,(H,17,19,20). The number of nitrogens with zero attached hydrogens (tertiary/aromatic N) is 1. The average Bonchev–Trinajstić information content (AvgIpc) is 2.40. The second-order valence-corrected chi connectivity index (χ2v) is 4.60. The molecule has 0 fully saturated rings. The van der Waals surface area contributed by atoms with Crippen LogP contribution in [0.4, 0.5) is 11.5 Å². The van der Waals surface area contributed by atoms with E-state index in [0.29, 0.717) is 13.1 Å². The van der Waals surface area contributed by atoms with Gasteiger partial charge >= 0.3 is 5.69 Å². The van der Waals surface area contributed by atoms with Crippen molar-refractivity contribution >= 4 is 11.5 Å². The molecule has 2 rings (SSSR count). The number of aromatic nitrogens is 2. The topological polar surface area (TPSA) is 92.9 Å². The number of H-pyrrole nitrogens is 1. The zero-order valence-corrected chi connectivity index (χ0v) is 11.6. The molecular formula is C14H18N4O2. The minimum absolute atomic E-state index is 0.161. The van der Waals surface area contributed by atoms with E-state index < -0.39 is 11.2 Å². The molecule has 20 heavy (non-hydrogen) atoms. The lowest BCUT2D eigenvalue weighted by atomic mass is 10.1. The van der Waals surface area contributed by atoms with Crippen LogP contribution in [-0.2, 0) is 13.1 Å².